The van der Waals surface area contributed by atoms with Gasteiger partial charge in [0.25, 0.3) is 0 Å². The van der Waals surface area contributed by atoms with E-state index in [1.54, 1.807) is 0 Å². The van der Waals surface area contributed by atoms with Crippen LogP contribution in [0.5, 0.6) is 0 Å². The van der Waals surface area contributed by atoms with E-state index < -0.39 is 0 Å². The van der Waals surface area contributed by atoms with E-state index in [2.05, 4.69) is 51.8 Å². The summed E-state index contributed by atoms with van der Waals surface area (Å²) in [6.07, 6.45) is 8.14. The molecular weight excluding hydrogens is 334 g/mol. The zero-order valence-corrected chi connectivity index (χ0v) is 16.5. The maximum atomic E-state index is 13.2. The fourth-order valence-electron chi connectivity index (χ4n) is 5.29. The Morgan fingerprint density at radius 1 is 1.15 bits per heavy atom. The summed E-state index contributed by atoms with van der Waals surface area (Å²) >= 11 is 0. The lowest BCUT2D eigenvalue weighted by molar-refractivity contribution is -0.145. The van der Waals surface area contributed by atoms with Crippen molar-refractivity contribution in [2.45, 2.75) is 52.1 Å². The number of nitrogens with zero attached hydrogens (tertiary/aromatic N) is 3. The van der Waals surface area contributed by atoms with Crippen LogP contribution in [-0.4, -0.2) is 46.5 Å². The Balaban J connectivity index is 1.28. The highest BCUT2D eigenvalue weighted by Crippen LogP contribution is 2.42. The number of likely N-dealkylation sites (tertiary alicyclic amines) is 2. The van der Waals surface area contributed by atoms with E-state index in [0.717, 1.165) is 58.0 Å². The van der Waals surface area contributed by atoms with Crippen molar-refractivity contribution in [3.8, 4) is 0 Å². The third-order valence-electron chi connectivity index (χ3n) is 7.01. The lowest BCUT2D eigenvalue weighted by Crippen LogP contribution is -2.50. The van der Waals surface area contributed by atoms with Gasteiger partial charge in [-0.05, 0) is 80.6 Å². The van der Waals surface area contributed by atoms with Gasteiger partial charge in [-0.1, -0.05) is 6.07 Å². The van der Waals surface area contributed by atoms with E-state index in [1.807, 2.05) is 0 Å². The van der Waals surface area contributed by atoms with E-state index >= 15 is 0 Å². The molecule has 0 bridgehead atoms. The van der Waals surface area contributed by atoms with Crippen LogP contribution < -0.4 is 0 Å². The standard InChI is InChI=1S/C23H31N3O/c1-2-25-12-8-20-14-19(6-7-21(20)25)15-24-13-10-23(17-24)9-3-11-26(22(23)27)16-18-4-5-18/h6-8,12,14,18H,2-5,9-11,13,15-17H2,1H3/t23-/m0/s1. The van der Waals surface area contributed by atoms with Gasteiger partial charge >= 0.3 is 0 Å². The van der Waals surface area contributed by atoms with Gasteiger partial charge in [0.15, 0.2) is 0 Å². The Hall–Kier alpha value is -1.81. The van der Waals surface area contributed by atoms with Crippen LogP contribution in [0.15, 0.2) is 30.5 Å². The number of aromatic nitrogens is 1. The molecule has 1 saturated carbocycles. The highest BCUT2D eigenvalue weighted by Gasteiger charge is 2.48. The van der Waals surface area contributed by atoms with Gasteiger partial charge in [-0.3, -0.25) is 9.69 Å². The zero-order valence-electron chi connectivity index (χ0n) is 16.5. The van der Waals surface area contributed by atoms with Gasteiger partial charge < -0.3 is 9.47 Å². The monoisotopic (exact) mass is 365 g/mol. The van der Waals surface area contributed by atoms with Gasteiger partial charge in [0.05, 0.1) is 5.41 Å². The van der Waals surface area contributed by atoms with Crippen LogP contribution in [0, 0.1) is 11.3 Å². The molecule has 1 aliphatic carbocycles. The first-order chi connectivity index (χ1) is 13.2. The topological polar surface area (TPSA) is 28.5 Å². The van der Waals surface area contributed by atoms with Crippen molar-refractivity contribution < 1.29 is 4.79 Å². The van der Waals surface area contributed by atoms with Crippen molar-refractivity contribution in [2.75, 3.05) is 26.2 Å². The van der Waals surface area contributed by atoms with Gasteiger partial charge in [-0.2, -0.15) is 0 Å². The molecule has 1 aromatic carbocycles. The largest absolute Gasteiger partial charge is 0.348 e. The molecule has 1 aromatic heterocycles. The predicted molar refractivity (Wildman–Crippen MR) is 108 cm³/mol. The molecule has 3 fully saturated rings. The zero-order chi connectivity index (χ0) is 18.4. The number of carbonyl (C=O) groups is 1. The summed E-state index contributed by atoms with van der Waals surface area (Å²) in [7, 11) is 0. The molecule has 144 valence electrons. The molecule has 3 aliphatic rings. The summed E-state index contributed by atoms with van der Waals surface area (Å²) < 4.78 is 2.29. The van der Waals surface area contributed by atoms with Crippen LogP contribution >= 0.6 is 0 Å². The molecule has 3 heterocycles. The lowest BCUT2D eigenvalue weighted by Gasteiger charge is -2.39. The minimum atomic E-state index is -0.0945. The van der Waals surface area contributed by atoms with Gasteiger partial charge in [0.2, 0.25) is 5.91 Å². The van der Waals surface area contributed by atoms with Gasteiger partial charge in [0, 0.05) is 44.4 Å². The number of hydrogen-bond acceptors (Lipinski definition) is 2. The molecule has 1 spiro atoms. The normalized spacial score (nSPS) is 26.6. The molecule has 0 N–H and O–H groups in total. The second-order valence-electron chi connectivity index (χ2n) is 9.03. The molecular formula is C23H31N3O. The number of rotatable bonds is 5. The van der Waals surface area contributed by atoms with E-state index in [1.165, 1.54) is 35.7 Å². The second kappa shape index (κ2) is 6.66. The SMILES string of the molecule is CCn1ccc2cc(CN3CC[C@@]4(CCCN(CC5CC5)C4=O)C3)ccc21. The third-order valence-corrected chi connectivity index (χ3v) is 7.01. The van der Waals surface area contributed by atoms with Crippen molar-refractivity contribution in [3.63, 3.8) is 0 Å². The van der Waals surface area contributed by atoms with Crippen LogP contribution in [0.3, 0.4) is 0 Å². The fourth-order valence-corrected chi connectivity index (χ4v) is 5.29. The fraction of sp³-hybridized carbons (Fsp3) is 0.609. The number of amides is 1. The van der Waals surface area contributed by atoms with E-state index in [9.17, 15) is 4.79 Å². The highest BCUT2D eigenvalue weighted by atomic mass is 16.2. The van der Waals surface area contributed by atoms with Crippen LogP contribution in [0.25, 0.3) is 10.9 Å². The van der Waals surface area contributed by atoms with Crippen molar-refractivity contribution in [1.82, 2.24) is 14.4 Å². The molecule has 1 atom stereocenters. The molecule has 0 unspecified atom stereocenters. The number of fused-ring (bicyclic) bond motifs is 1. The summed E-state index contributed by atoms with van der Waals surface area (Å²) in [5.74, 6) is 1.25. The average Bonchev–Trinajstić information content (AvgIpc) is 3.26. The Labute approximate surface area is 162 Å². The van der Waals surface area contributed by atoms with Crippen LogP contribution in [0.1, 0.15) is 44.6 Å². The number of piperidine rings is 1. The molecule has 27 heavy (non-hydrogen) atoms. The van der Waals surface area contributed by atoms with Crippen molar-refractivity contribution >= 4 is 16.8 Å². The molecule has 5 rings (SSSR count). The van der Waals surface area contributed by atoms with Crippen LogP contribution in [0.4, 0.5) is 0 Å². The minimum absolute atomic E-state index is 0.0945. The molecule has 1 amide bonds. The molecule has 2 saturated heterocycles. The summed E-state index contributed by atoms with van der Waals surface area (Å²) in [5, 5.41) is 1.33. The number of hydrogen-bond donors (Lipinski definition) is 0. The van der Waals surface area contributed by atoms with Crippen LogP contribution in [-0.2, 0) is 17.9 Å². The quantitative estimate of drug-likeness (QED) is 0.804. The molecule has 4 nitrogen and oxygen atoms in total. The number of aryl methyl sites for hydroxylation is 1. The molecule has 2 aromatic rings. The van der Waals surface area contributed by atoms with Crippen molar-refractivity contribution in [2.24, 2.45) is 11.3 Å². The summed E-state index contributed by atoms with van der Waals surface area (Å²) in [6.45, 7) is 8.17. The lowest BCUT2D eigenvalue weighted by atomic mass is 9.78. The Morgan fingerprint density at radius 3 is 2.85 bits per heavy atom. The minimum Gasteiger partial charge on any atom is -0.348 e. The second-order valence-corrected chi connectivity index (χ2v) is 9.03. The highest BCUT2D eigenvalue weighted by molar-refractivity contribution is 5.84. The van der Waals surface area contributed by atoms with Crippen molar-refractivity contribution in [1.29, 1.82) is 0 Å². The Bertz CT molecular complexity index is 852. The number of benzene rings is 1. The number of carbonyl (C=O) groups excluding carboxylic acids is 1. The Morgan fingerprint density at radius 2 is 2.04 bits per heavy atom. The summed E-state index contributed by atoms with van der Waals surface area (Å²) in [5.41, 5.74) is 2.59. The predicted octanol–water partition coefficient (Wildman–Crippen LogP) is 3.89. The maximum absolute atomic E-state index is 13.2. The summed E-state index contributed by atoms with van der Waals surface area (Å²) in [6, 6.07) is 9.06. The average molecular weight is 366 g/mol. The van der Waals surface area contributed by atoms with E-state index in [-0.39, 0.29) is 5.41 Å². The van der Waals surface area contributed by atoms with Gasteiger partial charge in [-0.25, -0.2) is 0 Å². The van der Waals surface area contributed by atoms with Gasteiger partial charge in [-0.15, -0.1) is 0 Å². The Kier molecular flexibility index (Phi) is 4.27. The third kappa shape index (κ3) is 3.18. The first-order valence-corrected chi connectivity index (χ1v) is 10.8. The molecule has 2 aliphatic heterocycles. The summed E-state index contributed by atoms with van der Waals surface area (Å²) in [4.78, 5) is 17.9. The first kappa shape index (κ1) is 17.3. The van der Waals surface area contributed by atoms with E-state index in [4.69, 9.17) is 0 Å². The van der Waals surface area contributed by atoms with Crippen LogP contribution in [0.2, 0.25) is 0 Å². The molecule has 0 radical (unpaired) electrons. The van der Waals surface area contributed by atoms with Crippen molar-refractivity contribution in [3.05, 3.63) is 36.0 Å². The maximum Gasteiger partial charge on any atom is 0.230 e. The molecule has 4 heteroatoms. The van der Waals surface area contributed by atoms with Gasteiger partial charge in [0.1, 0.15) is 0 Å². The smallest absolute Gasteiger partial charge is 0.230 e. The first-order valence-electron chi connectivity index (χ1n) is 10.8. The van der Waals surface area contributed by atoms with E-state index in [0.29, 0.717) is 5.91 Å².